The Labute approximate surface area is 87.6 Å². The molecule has 4 nitrogen and oxygen atoms in total. The Morgan fingerprint density at radius 3 is 2.92 bits per heavy atom. The van der Waals surface area contributed by atoms with E-state index in [2.05, 4.69) is 0 Å². The van der Waals surface area contributed by atoms with Crippen molar-refractivity contribution in [1.29, 1.82) is 0 Å². The maximum atomic E-state index is 10.7. The molecule has 0 spiro atoms. The molecule has 0 atom stereocenters. The summed E-state index contributed by atoms with van der Waals surface area (Å²) in [6.45, 7) is 0.161. The minimum Gasteiger partial charge on any atom is -0.478 e. The van der Waals surface area contributed by atoms with Crippen molar-refractivity contribution in [2.45, 2.75) is 0 Å². The first kappa shape index (κ1) is 8.61. The van der Waals surface area contributed by atoms with Crippen LogP contribution >= 0.6 is 22.6 Å². The molecule has 0 bridgehead atoms. The number of benzene rings is 1. The Hall–Kier alpha value is -0.980. The number of fused-ring (bicyclic) bond motifs is 1. The summed E-state index contributed by atoms with van der Waals surface area (Å²) in [5.41, 5.74) is 0.241. The lowest BCUT2D eigenvalue weighted by Crippen LogP contribution is -2.00. The van der Waals surface area contributed by atoms with Gasteiger partial charge in [0.15, 0.2) is 11.5 Å². The molecule has 0 fully saturated rings. The molecule has 1 heterocycles. The first-order valence-corrected chi connectivity index (χ1v) is 4.59. The fourth-order valence-electron chi connectivity index (χ4n) is 1.10. The summed E-state index contributed by atoms with van der Waals surface area (Å²) in [4.78, 5) is 10.7. The third kappa shape index (κ3) is 1.32. The van der Waals surface area contributed by atoms with Gasteiger partial charge in [-0.1, -0.05) is 0 Å². The van der Waals surface area contributed by atoms with Crippen molar-refractivity contribution in [3.63, 3.8) is 0 Å². The molecule has 1 aliphatic rings. The Balaban J connectivity index is 2.59. The van der Waals surface area contributed by atoms with Crippen LogP contribution < -0.4 is 9.47 Å². The SMILES string of the molecule is O=C(O)c1ccc2c(c1I)OCO2. The quantitative estimate of drug-likeness (QED) is 0.801. The first-order valence-electron chi connectivity index (χ1n) is 3.51. The summed E-state index contributed by atoms with van der Waals surface area (Å²) in [6.07, 6.45) is 0. The second kappa shape index (κ2) is 3.06. The van der Waals surface area contributed by atoms with Crippen LogP contribution in [0.3, 0.4) is 0 Å². The molecule has 0 aliphatic carbocycles. The largest absolute Gasteiger partial charge is 0.478 e. The Morgan fingerprint density at radius 2 is 2.23 bits per heavy atom. The van der Waals surface area contributed by atoms with Gasteiger partial charge in [-0.05, 0) is 34.7 Å². The van der Waals surface area contributed by atoms with E-state index >= 15 is 0 Å². The van der Waals surface area contributed by atoms with Crippen molar-refractivity contribution in [1.82, 2.24) is 0 Å². The van der Waals surface area contributed by atoms with Gasteiger partial charge in [0.05, 0.1) is 9.13 Å². The van der Waals surface area contributed by atoms with Crippen molar-refractivity contribution >= 4 is 28.6 Å². The number of rotatable bonds is 1. The van der Waals surface area contributed by atoms with Gasteiger partial charge < -0.3 is 14.6 Å². The van der Waals surface area contributed by atoms with Gasteiger partial charge in [0.1, 0.15) is 0 Å². The third-order valence-electron chi connectivity index (χ3n) is 1.71. The molecule has 1 aromatic carbocycles. The van der Waals surface area contributed by atoms with Crippen molar-refractivity contribution in [2.75, 3.05) is 6.79 Å². The number of carbonyl (C=O) groups is 1. The lowest BCUT2D eigenvalue weighted by atomic mass is 10.2. The highest BCUT2D eigenvalue weighted by molar-refractivity contribution is 14.1. The average molecular weight is 292 g/mol. The van der Waals surface area contributed by atoms with Gasteiger partial charge in [0, 0.05) is 0 Å². The Bertz CT molecular complexity index is 375. The molecule has 0 saturated heterocycles. The van der Waals surface area contributed by atoms with Crippen LogP contribution in [0.5, 0.6) is 11.5 Å². The maximum absolute atomic E-state index is 10.7. The number of hydrogen-bond donors (Lipinski definition) is 1. The first-order chi connectivity index (χ1) is 6.20. The minimum absolute atomic E-state index is 0.161. The second-order valence-corrected chi connectivity index (χ2v) is 3.54. The highest BCUT2D eigenvalue weighted by atomic mass is 127. The number of carboxylic acids is 1. The number of ether oxygens (including phenoxy) is 2. The van der Waals surface area contributed by atoms with E-state index in [0.29, 0.717) is 15.1 Å². The monoisotopic (exact) mass is 292 g/mol. The fourth-order valence-corrected chi connectivity index (χ4v) is 1.94. The predicted molar refractivity (Wildman–Crippen MR) is 52.2 cm³/mol. The van der Waals surface area contributed by atoms with Gasteiger partial charge in [0.2, 0.25) is 6.79 Å². The van der Waals surface area contributed by atoms with Crippen molar-refractivity contribution in [3.05, 3.63) is 21.3 Å². The van der Waals surface area contributed by atoms with Gasteiger partial charge in [-0.15, -0.1) is 0 Å². The van der Waals surface area contributed by atoms with E-state index in [9.17, 15) is 4.79 Å². The van der Waals surface area contributed by atoms with Gasteiger partial charge in [-0.3, -0.25) is 0 Å². The Kier molecular flexibility index (Phi) is 2.03. The van der Waals surface area contributed by atoms with Crippen LogP contribution in [-0.2, 0) is 0 Å². The summed E-state index contributed by atoms with van der Waals surface area (Å²) in [7, 11) is 0. The summed E-state index contributed by atoms with van der Waals surface area (Å²) in [6, 6.07) is 3.12. The highest BCUT2D eigenvalue weighted by Crippen LogP contribution is 2.38. The van der Waals surface area contributed by atoms with Crippen LogP contribution in [0.2, 0.25) is 0 Å². The van der Waals surface area contributed by atoms with E-state index in [-0.39, 0.29) is 12.4 Å². The van der Waals surface area contributed by atoms with Gasteiger partial charge in [-0.2, -0.15) is 0 Å². The molecule has 5 heteroatoms. The van der Waals surface area contributed by atoms with Crippen LogP contribution in [0.1, 0.15) is 10.4 Å². The molecule has 0 saturated carbocycles. The van der Waals surface area contributed by atoms with Crippen LogP contribution in [0, 0.1) is 3.57 Å². The molecular formula is C8H5IO4. The highest BCUT2D eigenvalue weighted by Gasteiger charge is 2.21. The smallest absolute Gasteiger partial charge is 0.336 e. The standard InChI is InChI=1S/C8H5IO4/c9-6-4(8(10)11)1-2-5-7(6)13-3-12-5/h1-2H,3H2,(H,10,11). The molecule has 1 aliphatic heterocycles. The van der Waals surface area contributed by atoms with E-state index in [4.69, 9.17) is 14.6 Å². The fraction of sp³-hybridized carbons (Fsp3) is 0.125. The Morgan fingerprint density at radius 1 is 1.46 bits per heavy atom. The van der Waals surface area contributed by atoms with Crippen molar-refractivity contribution < 1.29 is 19.4 Å². The zero-order valence-corrected chi connectivity index (χ0v) is 8.57. The summed E-state index contributed by atoms with van der Waals surface area (Å²) in [5, 5.41) is 8.80. The third-order valence-corrected chi connectivity index (χ3v) is 2.78. The predicted octanol–water partition coefficient (Wildman–Crippen LogP) is 1.72. The van der Waals surface area contributed by atoms with E-state index in [1.807, 2.05) is 22.6 Å². The molecule has 0 unspecified atom stereocenters. The van der Waals surface area contributed by atoms with E-state index in [1.54, 1.807) is 6.07 Å². The topological polar surface area (TPSA) is 55.8 Å². The second-order valence-electron chi connectivity index (χ2n) is 2.47. The minimum atomic E-state index is -0.956. The van der Waals surface area contributed by atoms with E-state index in [0.717, 1.165) is 0 Å². The zero-order chi connectivity index (χ0) is 9.42. The maximum Gasteiger partial charge on any atom is 0.336 e. The normalized spacial score (nSPS) is 13.0. The van der Waals surface area contributed by atoms with E-state index in [1.165, 1.54) is 6.07 Å². The summed E-state index contributed by atoms with van der Waals surface area (Å²) < 4.78 is 10.8. The molecule has 1 N–H and O–H groups in total. The van der Waals surface area contributed by atoms with Crippen molar-refractivity contribution in [2.24, 2.45) is 0 Å². The molecule has 68 valence electrons. The molecule has 13 heavy (non-hydrogen) atoms. The number of halogens is 1. The molecular weight excluding hydrogens is 287 g/mol. The van der Waals surface area contributed by atoms with Gasteiger partial charge in [0.25, 0.3) is 0 Å². The lowest BCUT2D eigenvalue weighted by molar-refractivity contribution is 0.0695. The molecule has 0 radical (unpaired) electrons. The van der Waals surface area contributed by atoms with Crippen LogP contribution in [0.15, 0.2) is 12.1 Å². The van der Waals surface area contributed by atoms with Crippen molar-refractivity contribution in [3.8, 4) is 11.5 Å². The van der Waals surface area contributed by atoms with Gasteiger partial charge >= 0.3 is 5.97 Å². The molecule has 2 rings (SSSR count). The number of hydrogen-bond acceptors (Lipinski definition) is 3. The lowest BCUT2D eigenvalue weighted by Gasteiger charge is -2.02. The number of carboxylic acid groups (broad SMARTS) is 1. The molecule has 1 aromatic rings. The summed E-state index contributed by atoms with van der Waals surface area (Å²) >= 11 is 1.94. The average Bonchev–Trinajstić information content (AvgIpc) is 2.52. The molecule has 0 amide bonds. The van der Waals surface area contributed by atoms with E-state index < -0.39 is 5.97 Å². The zero-order valence-electron chi connectivity index (χ0n) is 6.41. The van der Waals surface area contributed by atoms with Crippen LogP contribution in [-0.4, -0.2) is 17.9 Å². The van der Waals surface area contributed by atoms with Gasteiger partial charge in [-0.25, -0.2) is 4.79 Å². The molecule has 0 aromatic heterocycles. The van der Waals surface area contributed by atoms with Crippen LogP contribution in [0.4, 0.5) is 0 Å². The van der Waals surface area contributed by atoms with Crippen LogP contribution in [0.25, 0.3) is 0 Å². The number of aromatic carboxylic acids is 1. The summed E-state index contributed by atoms with van der Waals surface area (Å²) in [5.74, 6) is 0.178.